The van der Waals surface area contributed by atoms with Crippen molar-refractivity contribution in [3.63, 3.8) is 0 Å². The number of anilines is 1. The lowest BCUT2D eigenvalue weighted by molar-refractivity contribution is -0.115. The van der Waals surface area contributed by atoms with E-state index in [1.807, 2.05) is 20.0 Å². The van der Waals surface area contributed by atoms with Crippen molar-refractivity contribution in [2.45, 2.75) is 52.1 Å². The monoisotopic (exact) mass is 289 g/mol. The lowest BCUT2D eigenvalue weighted by Crippen LogP contribution is -2.16. The molecule has 1 amide bonds. The molecule has 0 saturated heterocycles. The maximum atomic E-state index is 12.0. The average molecular weight is 289 g/mol. The second-order valence-electron chi connectivity index (χ2n) is 5.55. The molecule has 0 aliphatic carbocycles. The minimum atomic E-state index is -0.172. The molecule has 0 radical (unpaired) electrons. The van der Waals surface area contributed by atoms with E-state index in [0.717, 1.165) is 24.5 Å². The number of carbonyl (C=O) groups is 1. The van der Waals surface area contributed by atoms with Crippen LogP contribution in [0.1, 0.15) is 44.2 Å². The third kappa shape index (κ3) is 3.09. The standard InChI is InChI=1S/C13H19N7O/c1-9(2)20-17-13(16-18-20)15-12(21)7-10-8-19-6-4-3-5-11(19)14-10/h8-9H,3-7H2,1-2H3,(H,15,17,21). The highest BCUT2D eigenvalue weighted by Gasteiger charge is 2.15. The number of fused-ring (bicyclic) bond motifs is 1. The fourth-order valence-electron chi connectivity index (χ4n) is 2.38. The van der Waals surface area contributed by atoms with E-state index < -0.39 is 0 Å². The summed E-state index contributed by atoms with van der Waals surface area (Å²) in [6, 6.07) is 0.114. The summed E-state index contributed by atoms with van der Waals surface area (Å²) in [5.74, 6) is 1.14. The Bertz CT molecular complexity index is 619. The highest BCUT2D eigenvalue weighted by atomic mass is 16.1. The maximum absolute atomic E-state index is 12.0. The first-order valence-electron chi connectivity index (χ1n) is 7.26. The topological polar surface area (TPSA) is 90.5 Å². The normalized spacial score (nSPS) is 14.2. The second kappa shape index (κ2) is 5.63. The summed E-state index contributed by atoms with van der Waals surface area (Å²) in [6.45, 7) is 4.89. The number of nitrogens with one attached hydrogen (secondary N) is 1. The molecule has 1 N–H and O–H groups in total. The van der Waals surface area contributed by atoms with E-state index in [1.54, 1.807) is 0 Å². The van der Waals surface area contributed by atoms with E-state index in [1.165, 1.54) is 17.6 Å². The van der Waals surface area contributed by atoms with Crippen LogP contribution >= 0.6 is 0 Å². The summed E-state index contributed by atoms with van der Waals surface area (Å²) in [5, 5.41) is 14.4. The van der Waals surface area contributed by atoms with Crippen molar-refractivity contribution in [2.24, 2.45) is 0 Å². The number of amides is 1. The zero-order chi connectivity index (χ0) is 14.8. The maximum Gasteiger partial charge on any atom is 0.270 e. The van der Waals surface area contributed by atoms with Crippen LogP contribution in [0.2, 0.25) is 0 Å². The molecule has 21 heavy (non-hydrogen) atoms. The fraction of sp³-hybridized carbons (Fsp3) is 0.615. The molecule has 0 unspecified atom stereocenters. The molecular weight excluding hydrogens is 270 g/mol. The van der Waals surface area contributed by atoms with Crippen LogP contribution in [-0.4, -0.2) is 35.7 Å². The van der Waals surface area contributed by atoms with Gasteiger partial charge in [0.1, 0.15) is 5.82 Å². The van der Waals surface area contributed by atoms with Gasteiger partial charge >= 0.3 is 0 Å². The predicted octanol–water partition coefficient (Wildman–Crippen LogP) is 0.968. The molecule has 3 rings (SSSR count). The Morgan fingerprint density at radius 2 is 2.29 bits per heavy atom. The molecule has 1 aliphatic rings. The van der Waals surface area contributed by atoms with Crippen LogP contribution in [-0.2, 0) is 24.2 Å². The molecule has 0 saturated carbocycles. The summed E-state index contributed by atoms with van der Waals surface area (Å²) in [6.07, 6.45) is 5.54. The fourth-order valence-corrected chi connectivity index (χ4v) is 2.38. The van der Waals surface area contributed by atoms with Crippen LogP contribution in [0, 0.1) is 0 Å². The van der Waals surface area contributed by atoms with Crippen LogP contribution in [0.5, 0.6) is 0 Å². The molecule has 1 aliphatic heterocycles. The van der Waals surface area contributed by atoms with Gasteiger partial charge in [0.15, 0.2) is 0 Å². The lowest BCUT2D eigenvalue weighted by Gasteiger charge is -2.11. The Kier molecular flexibility index (Phi) is 3.68. The lowest BCUT2D eigenvalue weighted by atomic mass is 10.2. The van der Waals surface area contributed by atoms with Gasteiger partial charge in [0, 0.05) is 19.2 Å². The van der Waals surface area contributed by atoms with Gasteiger partial charge in [-0.2, -0.15) is 4.80 Å². The molecule has 0 spiro atoms. The third-order valence-electron chi connectivity index (χ3n) is 3.44. The summed E-state index contributed by atoms with van der Waals surface area (Å²) < 4.78 is 2.14. The van der Waals surface area contributed by atoms with Crippen LogP contribution in [0.15, 0.2) is 6.20 Å². The minimum Gasteiger partial charge on any atom is -0.335 e. The van der Waals surface area contributed by atoms with E-state index >= 15 is 0 Å². The van der Waals surface area contributed by atoms with Gasteiger partial charge in [0.2, 0.25) is 5.91 Å². The summed E-state index contributed by atoms with van der Waals surface area (Å²) in [7, 11) is 0. The number of carbonyl (C=O) groups excluding carboxylic acids is 1. The van der Waals surface area contributed by atoms with Gasteiger partial charge in [0.05, 0.1) is 18.2 Å². The summed E-state index contributed by atoms with van der Waals surface area (Å²) in [4.78, 5) is 18.0. The van der Waals surface area contributed by atoms with Gasteiger partial charge < -0.3 is 4.57 Å². The van der Waals surface area contributed by atoms with Crippen LogP contribution in [0.3, 0.4) is 0 Å². The second-order valence-corrected chi connectivity index (χ2v) is 5.55. The predicted molar refractivity (Wildman–Crippen MR) is 75.7 cm³/mol. The van der Waals surface area contributed by atoms with E-state index in [2.05, 4.69) is 30.3 Å². The Morgan fingerprint density at radius 1 is 1.43 bits per heavy atom. The van der Waals surface area contributed by atoms with Crippen LogP contribution < -0.4 is 5.32 Å². The smallest absolute Gasteiger partial charge is 0.270 e. The Balaban J connectivity index is 1.62. The molecule has 8 nitrogen and oxygen atoms in total. The Hall–Kier alpha value is -2.25. The minimum absolute atomic E-state index is 0.114. The molecular formula is C13H19N7O. The summed E-state index contributed by atoms with van der Waals surface area (Å²) in [5.41, 5.74) is 0.792. The van der Waals surface area contributed by atoms with E-state index in [0.29, 0.717) is 0 Å². The number of imidazole rings is 1. The molecule has 0 fully saturated rings. The zero-order valence-corrected chi connectivity index (χ0v) is 12.3. The number of hydrogen-bond donors (Lipinski definition) is 1. The largest absolute Gasteiger partial charge is 0.335 e. The SMILES string of the molecule is CC(C)n1nnc(NC(=O)Cc2cn3c(n2)CCCC3)n1. The van der Waals surface area contributed by atoms with Crippen molar-refractivity contribution < 1.29 is 4.79 Å². The zero-order valence-electron chi connectivity index (χ0n) is 12.3. The van der Waals surface area contributed by atoms with E-state index in [4.69, 9.17) is 0 Å². The molecule has 0 aromatic carbocycles. The number of tetrazole rings is 1. The van der Waals surface area contributed by atoms with Crippen molar-refractivity contribution in [3.05, 3.63) is 17.7 Å². The highest BCUT2D eigenvalue weighted by Crippen LogP contribution is 2.15. The molecule has 8 heteroatoms. The molecule has 0 atom stereocenters. The van der Waals surface area contributed by atoms with Crippen LogP contribution in [0.4, 0.5) is 5.95 Å². The van der Waals surface area contributed by atoms with Gasteiger partial charge in [0.25, 0.3) is 5.95 Å². The molecule has 112 valence electrons. The van der Waals surface area contributed by atoms with Gasteiger partial charge in [-0.25, -0.2) is 4.98 Å². The molecule has 3 heterocycles. The van der Waals surface area contributed by atoms with Gasteiger partial charge in [-0.05, 0) is 31.9 Å². The van der Waals surface area contributed by atoms with Gasteiger partial charge in [-0.3, -0.25) is 10.1 Å². The third-order valence-corrected chi connectivity index (χ3v) is 3.44. The van der Waals surface area contributed by atoms with Crippen molar-refractivity contribution >= 4 is 11.9 Å². The van der Waals surface area contributed by atoms with Crippen molar-refractivity contribution in [2.75, 3.05) is 5.32 Å². The van der Waals surface area contributed by atoms with Crippen LogP contribution in [0.25, 0.3) is 0 Å². The number of rotatable bonds is 4. The van der Waals surface area contributed by atoms with E-state index in [9.17, 15) is 4.79 Å². The number of hydrogen-bond acceptors (Lipinski definition) is 5. The summed E-state index contributed by atoms with van der Waals surface area (Å²) >= 11 is 0. The molecule has 2 aromatic rings. The number of nitrogens with zero attached hydrogens (tertiary/aromatic N) is 6. The van der Waals surface area contributed by atoms with E-state index in [-0.39, 0.29) is 24.3 Å². The Labute approximate surface area is 122 Å². The quantitative estimate of drug-likeness (QED) is 0.905. The average Bonchev–Trinajstić information content (AvgIpc) is 3.04. The first-order chi connectivity index (χ1) is 10.1. The van der Waals surface area contributed by atoms with Gasteiger partial charge in [-0.15, -0.1) is 5.10 Å². The van der Waals surface area contributed by atoms with Crippen molar-refractivity contribution in [3.8, 4) is 0 Å². The first kappa shape index (κ1) is 13.7. The van der Waals surface area contributed by atoms with Crippen molar-refractivity contribution in [1.82, 2.24) is 29.8 Å². The molecule has 0 bridgehead atoms. The Morgan fingerprint density at radius 3 is 3.00 bits per heavy atom. The highest BCUT2D eigenvalue weighted by molar-refractivity contribution is 5.90. The number of aryl methyl sites for hydroxylation is 2. The first-order valence-corrected chi connectivity index (χ1v) is 7.26. The number of aromatic nitrogens is 6. The molecule has 2 aromatic heterocycles. The van der Waals surface area contributed by atoms with Crippen molar-refractivity contribution in [1.29, 1.82) is 0 Å². The van der Waals surface area contributed by atoms with Gasteiger partial charge in [-0.1, -0.05) is 5.10 Å².